The van der Waals surface area contributed by atoms with Gasteiger partial charge < -0.3 is 15.7 Å². The summed E-state index contributed by atoms with van der Waals surface area (Å²) in [5.74, 6) is -0.823. The monoisotopic (exact) mass is 394 g/mol. The van der Waals surface area contributed by atoms with E-state index in [0.717, 1.165) is 18.4 Å². The van der Waals surface area contributed by atoms with E-state index in [4.69, 9.17) is 16.7 Å². The molecule has 0 radical (unpaired) electrons. The first-order chi connectivity index (χ1) is 13.0. The van der Waals surface area contributed by atoms with Crippen molar-refractivity contribution in [3.63, 3.8) is 0 Å². The highest BCUT2D eigenvalue weighted by Gasteiger charge is 2.34. The van der Waals surface area contributed by atoms with Crippen molar-refractivity contribution in [3.05, 3.63) is 29.2 Å². The number of halogens is 1. The highest BCUT2D eigenvalue weighted by atomic mass is 35.5. The van der Waals surface area contributed by atoms with Gasteiger partial charge in [-0.2, -0.15) is 5.10 Å². The molecule has 0 saturated heterocycles. The number of amides is 2. The lowest BCUT2D eigenvalue weighted by Gasteiger charge is -2.42. The summed E-state index contributed by atoms with van der Waals surface area (Å²) in [6, 6.07) is 0.0908. The zero-order valence-electron chi connectivity index (χ0n) is 15.1. The molecule has 0 spiro atoms. The second-order valence-corrected chi connectivity index (χ2v) is 7.06. The SMILES string of the molecule is CCN(CC(=O)O)C1CC(NC(=O)NCCc2cnc3c(Cl)cnn3c2)C1. The van der Waals surface area contributed by atoms with Gasteiger partial charge in [0.1, 0.15) is 5.02 Å². The van der Waals surface area contributed by atoms with Gasteiger partial charge in [0.15, 0.2) is 5.65 Å². The maximum Gasteiger partial charge on any atom is 0.317 e. The Bertz CT molecular complexity index is 820. The molecule has 0 atom stereocenters. The fourth-order valence-electron chi connectivity index (χ4n) is 3.25. The summed E-state index contributed by atoms with van der Waals surface area (Å²) in [6.07, 6.45) is 7.28. The van der Waals surface area contributed by atoms with Crippen LogP contribution in [-0.2, 0) is 11.2 Å². The number of carbonyl (C=O) groups is 2. The molecule has 0 aromatic carbocycles. The molecule has 2 aromatic heterocycles. The van der Waals surface area contributed by atoms with Crippen LogP contribution in [0.5, 0.6) is 0 Å². The van der Waals surface area contributed by atoms with Crippen molar-refractivity contribution in [1.82, 2.24) is 30.1 Å². The molecule has 0 bridgehead atoms. The summed E-state index contributed by atoms with van der Waals surface area (Å²) < 4.78 is 1.61. The molecule has 1 fully saturated rings. The molecule has 0 unspecified atom stereocenters. The van der Waals surface area contributed by atoms with Crippen LogP contribution >= 0.6 is 11.6 Å². The molecule has 2 aromatic rings. The Kier molecular flexibility index (Phi) is 6.12. The van der Waals surface area contributed by atoms with Gasteiger partial charge in [-0.3, -0.25) is 9.69 Å². The van der Waals surface area contributed by atoms with E-state index in [1.807, 2.05) is 18.0 Å². The minimum atomic E-state index is -0.823. The molecule has 3 N–H and O–H groups in total. The number of nitrogens with one attached hydrogen (secondary N) is 2. The lowest BCUT2D eigenvalue weighted by Crippen LogP contribution is -2.56. The molecule has 1 aliphatic carbocycles. The van der Waals surface area contributed by atoms with Crippen molar-refractivity contribution in [2.24, 2.45) is 0 Å². The van der Waals surface area contributed by atoms with E-state index >= 15 is 0 Å². The Morgan fingerprint density at radius 2 is 2.19 bits per heavy atom. The molecule has 10 heteroatoms. The second-order valence-electron chi connectivity index (χ2n) is 6.65. The van der Waals surface area contributed by atoms with Crippen molar-refractivity contribution < 1.29 is 14.7 Å². The summed E-state index contributed by atoms with van der Waals surface area (Å²) in [7, 11) is 0. The van der Waals surface area contributed by atoms with Crippen molar-refractivity contribution in [2.75, 3.05) is 19.6 Å². The lowest BCUT2D eigenvalue weighted by atomic mass is 9.85. The zero-order chi connectivity index (χ0) is 19.4. The van der Waals surface area contributed by atoms with Crippen LogP contribution in [0.1, 0.15) is 25.3 Å². The number of urea groups is 1. The minimum absolute atomic E-state index is 0.0416. The fraction of sp³-hybridized carbons (Fsp3) is 0.529. The largest absolute Gasteiger partial charge is 0.480 e. The summed E-state index contributed by atoms with van der Waals surface area (Å²) >= 11 is 5.96. The summed E-state index contributed by atoms with van der Waals surface area (Å²) in [4.78, 5) is 29.0. The predicted octanol–water partition coefficient (Wildman–Crippen LogP) is 1.16. The van der Waals surface area contributed by atoms with Crippen LogP contribution in [-0.4, -0.2) is 68.3 Å². The van der Waals surface area contributed by atoms with Gasteiger partial charge in [-0.25, -0.2) is 14.3 Å². The second kappa shape index (κ2) is 8.53. The number of hydrogen-bond acceptors (Lipinski definition) is 5. The Labute approximate surface area is 161 Å². The molecule has 9 nitrogen and oxygen atoms in total. The smallest absolute Gasteiger partial charge is 0.317 e. The molecule has 3 rings (SSSR count). The number of aromatic nitrogens is 3. The lowest BCUT2D eigenvalue weighted by molar-refractivity contribution is -0.139. The average molecular weight is 395 g/mol. The molecular formula is C17H23ClN6O3. The normalized spacial score (nSPS) is 19.1. The number of carboxylic acids is 1. The minimum Gasteiger partial charge on any atom is -0.480 e. The van der Waals surface area contributed by atoms with E-state index in [0.29, 0.717) is 30.2 Å². The maximum absolute atomic E-state index is 12.0. The first kappa shape index (κ1) is 19.4. The molecule has 1 aliphatic rings. The van der Waals surface area contributed by atoms with Crippen LogP contribution in [0, 0.1) is 0 Å². The van der Waals surface area contributed by atoms with Crippen molar-refractivity contribution in [1.29, 1.82) is 0 Å². The number of carbonyl (C=O) groups excluding carboxylic acids is 1. The quantitative estimate of drug-likeness (QED) is 0.619. The molecule has 146 valence electrons. The Morgan fingerprint density at radius 3 is 2.89 bits per heavy atom. The number of fused-ring (bicyclic) bond motifs is 1. The Hall–Kier alpha value is -2.39. The van der Waals surface area contributed by atoms with E-state index in [1.54, 1.807) is 16.9 Å². The zero-order valence-corrected chi connectivity index (χ0v) is 15.8. The van der Waals surface area contributed by atoms with Gasteiger partial charge in [0.2, 0.25) is 0 Å². The molecule has 0 aliphatic heterocycles. The fourth-order valence-corrected chi connectivity index (χ4v) is 3.43. The van der Waals surface area contributed by atoms with Crippen LogP contribution < -0.4 is 10.6 Å². The highest BCUT2D eigenvalue weighted by Crippen LogP contribution is 2.25. The number of hydrogen-bond donors (Lipinski definition) is 3. The third kappa shape index (κ3) is 4.86. The molecular weight excluding hydrogens is 372 g/mol. The van der Waals surface area contributed by atoms with Gasteiger partial charge in [0, 0.05) is 31.0 Å². The summed E-state index contributed by atoms with van der Waals surface area (Å²) in [5, 5.41) is 19.3. The number of likely N-dealkylation sites (N-methyl/N-ethyl adjacent to an activating group) is 1. The van der Waals surface area contributed by atoms with Gasteiger partial charge in [0.05, 0.1) is 12.7 Å². The van der Waals surface area contributed by atoms with Crippen LogP contribution in [0.2, 0.25) is 5.02 Å². The molecule has 2 amide bonds. The van der Waals surface area contributed by atoms with E-state index < -0.39 is 5.97 Å². The van der Waals surface area contributed by atoms with Crippen molar-refractivity contribution in [2.45, 2.75) is 38.3 Å². The van der Waals surface area contributed by atoms with E-state index in [1.165, 1.54) is 0 Å². The van der Waals surface area contributed by atoms with Gasteiger partial charge in [-0.05, 0) is 31.4 Å². The Morgan fingerprint density at radius 1 is 1.41 bits per heavy atom. The highest BCUT2D eigenvalue weighted by molar-refractivity contribution is 6.33. The topological polar surface area (TPSA) is 112 Å². The Balaban J connectivity index is 1.37. The molecule has 27 heavy (non-hydrogen) atoms. The van der Waals surface area contributed by atoms with Gasteiger partial charge in [0.25, 0.3) is 0 Å². The first-order valence-corrected chi connectivity index (χ1v) is 9.32. The van der Waals surface area contributed by atoms with E-state index in [2.05, 4.69) is 20.7 Å². The third-order valence-electron chi connectivity index (χ3n) is 4.78. The van der Waals surface area contributed by atoms with Crippen molar-refractivity contribution in [3.8, 4) is 0 Å². The summed E-state index contributed by atoms with van der Waals surface area (Å²) in [6.45, 7) is 3.15. The number of carboxylic acid groups (broad SMARTS) is 1. The summed E-state index contributed by atoms with van der Waals surface area (Å²) in [5.41, 5.74) is 1.55. The van der Waals surface area contributed by atoms with Gasteiger partial charge in [-0.15, -0.1) is 0 Å². The van der Waals surface area contributed by atoms with Crippen LogP contribution in [0.4, 0.5) is 4.79 Å². The maximum atomic E-state index is 12.0. The average Bonchev–Trinajstić information content (AvgIpc) is 2.96. The molecule has 1 saturated carbocycles. The first-order valence-electron chi connectivity index (χ1n) is 8.94. The van der Waals surface area contributed by atoms with E-state index in [9.17, 15) is 9.59 Å². The van der Waals surface area contributed by atoms with Crippen LogP contribution in [0.15, 0.2) is 18.6 Å². The van der Waals surface area contributed by atoms with E-state index in [-0.39, 0.29) is 24.7 Å². The third-order valence-corrected chi connectivity index (χ3v) is 5.04. The van der Waals surface area contributed by atoms with Gasteiger partial charge >= 0.3 is 12.0 Å². The number of nitrogens with zero attached hydrogens (tertiary/aromatic N) is 4. The van der Waals surface area contributed by atoms with Crippen molar-refractivity contribution >= 4 is 29.2 Å². The predicted molar refractivity (Wildman–Crippen MR) is 99.9 cm³/mol. The molecule has 2 heterocycles. The standard InChI is InChI=1S/C17H23ClN6O3/c1-2-23(10-15(25)26)13-5-12(6-13)22-17(27)19-4-3-11-7-20-16-14(18)8-21-24(16)9-11/h7-9,12-13H,2-6,10H2,1H3,(H,25,26)(H2,19,22,27). The van der Waals surface area contributed by atoms with Crippen LogP contribution in [0.3, 0.4) is 0 Å². The van der Waals surface area contributed by atoms with Gasteiger partial charge in [-0.1, -0.05) is 18.5 Å². The number of rotatable bonds is 8. The number of aliphatic carboxylic acids is 1. The van der Waals surface area contributed by atoms with Crippen LogP contribution in [0.25, 0.3) is 5.65 Å².